The maximum Gasteiger partial charge on any atom is 0.209 e. The van der Waals surface area contributed by atoms with Gasteiger partial charge in [-0.2, -0.15) is 0 Å². The van der Waals surface area contributed by atoms with Gasteiger partial charge in [-0.15, -0.1) is 0 Å². The molecule has 6 rings (SSSR count). The van der Waals surface area contributed by atoms with Crippen molar-refractivity contribution in [2.75, 3.05) is 82.1 Å². The maximum atomic E-state index is 6.27. The van der Waals surface area contributed by atoms with E-state index < -0.39 is 11.6 Å². The Labute approximate surface area is 290 Å². The Kier molecular flexibility index (Phi) is 11.4. The lowest BCUT2D eigenvalue weighted by atomic mass is 9.96. The number of methoxy groups -OCH3 is 6. The molecule has 49 heavy (non-hydrogen) atoms. The van der Waals surface area contributed by atoms with Crippen LogP contribution in [0.1, 0.15) is 56.1 Å². The number of rotatable bonds is 12. The highest BCUT2D eigenvalue weighted by Crippen LogP contribution is 2.45. The van der Waals surface area contributed by atoms with E-state index in [1.807, 2.05) is 36.7 Å². The summed E-state index contributed by atoms with van der Waals surface area (Å²) in [6.07, 6.45) is 11.5. The fourth-order valence-corrected chi connectivity index (χ4v) is 7.56. The first kappa shape index (κ1) is 35.6. The van der Waals surface area contributed by atoms with Crippen molar-refractivity contribution in [3.05, 3.63) is 35.4 Å². The standard InChI is InChI=1S/C37H52N4O8/c1-42-32-18-28-30(38-22-26-12-7-9-14-40(26)24-36(28,44-3)45-4)20-34(32)48-16-11-17-49-35-21-31-29(19-33(35)43-2)37(46-5,47-6)25-41-15-10-8-13-27(41)23-39-31/h18-23,26-27H,7-17,24-25H2,1-6H3/b38-22-,39-23-/t26-,27-/m0/s1. The van der Waals surface area contributed by atoms with Crippen molar-refractivity contribution >= 4 is 23.8 Å². The summed E-state index contributed by atoms with van der Waals surface area (Å²) in [6, 6.07) is 8.14. The van der Waals surface area contributed by atoms with E-state index in [2.05, 4.69) is 9.80 Å². The lowest BCUT2D eigenvalue weighted by molar-refractivity contribution is -0.228. The number of fused-ring (bicyclic) bond motifs is 4. The predicted octanol–water partition coefficient (Wildman–Crippen LogP) is 5.58. The molecule has 0 aliphatic carbocycles. The lowest BCUT2D eigenvalue weighted by Crippen LogP contribution is -2.51. The molecule has 0 aromatic heterocycles. The molecule has 12 nitrogen and oxygen atoms in total. The van der Waals surface area contributed by atoms with Crippen molar-refractivity contribution in [1.82, 2.24) is 9.80 Å². The predicted molar refractivity (Wildman–Crippen MR) is 188 cm³/mol. The van der Waals surface area contributed by atoms with Gasteiger partial charge in [0, 0.05) is 82.6 Å². The van der Waals surface area contributed by atoms with Gasteiger partial charge in [0.05, 0.1) is 51.9 Å². The van der Waals surface area contributed by atoms with Gasteiger partial charge in [-0.05, 0) is 50.9 Å². The molecule has 0 saturated carbocycles. The van der Waals surface area contributed by atoms with E-state index in [-0.39, 0.29) is 12.1 Å². The SMILES string of the molecule is COc1cc2c(cc1OCCCOc1cc3c(cc1OC)C(OC)(OC)CN1CCCC[C@H]1/C=N\3)/N=C\[C@@H]1CCCCN1CC2(OC)OC. The first-order valence-corrected chi connectivity index (χ1v) is 17.4. The number of hydrogen-bond donors (Lipinski definition) is 0. The average Bonchev–Trinajstić information content (AvgIpc) is 3.13. The van der Waals surface area contributed by atoms with Crippen molar-refractivity contribution in [3.8, 4) is 23.0 Å². The van der Waals surface area contributed by atoms with Crippen molar-refractivity contribution in [2.45, 2.75) is 68.6 Å². The van der Waals surface area contributed by atoms with Gasteiger partial charge in [0.25, 0.3) is 0 Å². The van der Waals surface area contributed by atoms with Crippen LogP contribution in [-0.2, 0) is 30.5 Å². The first-order valence-electron chi connectivity index (χ1n) is 17.4. The number of aliphatic imine (C=N–C) groups is 2. The zero-order valence-electron chi connectivity index (χ0n) is 29.9. The first-order chi connectivity index (χ1) is 23.9. The number of ether oxygens (including phenoxy) is 8. The molecule has 2 fully saturated rings. The van der Waals surface area contributed by atoms with Crippen molar-refractivity contribution < 1.29 is 37.9 Å². The minimum absolute atomic E-state index is 0.234. The summed E-state index contributed by atoms with van der Waals surface area (Å²) < 4.78 is 48.3. The molecule has 0 N–H and O–H groups in total. The monoisotopic (exact) mass is 680 g/mol. The second kappa shape index (κ2) is 15.7. The van der Waals surface area contributed by atoms with Crippen LogP contribution in [-0.4, -0.2) is 116 Å². The number of benzene rings is 2. The summed E-state index contributed by atoms with van der Waals surface area (Å²) in [5.74, 6) is 0.394. The van der Waals surface area contributed by atoms with Crippen LogP contribution in [0.15, 0.2) is 34.3 Å². The van der Waals surface area contributed by atoms with Gasteiger partial charge >= 0.3 is 0 Å². The van der Waals surface area contributed by atoms with Gasteiger partial charge in [-0.3, -0.25) is 19.8 Å². The molecular formula is C37H52N4O8. The summed E-state index contributed by atoms with van der Waals surface area (Å²) in [4.78, 5) is 14.6. The Hall–Kier alpha value is -3.26. The van der Waals surface area contributed by atoms with Crippen LogP contribution >= 0.6 is 0 Å². The molecule has 0 radical (unpaired) electrons. The molecule has 0 unspecified atom stereocenters. The molecule has 2 aromatic rings. The molecule has 268 valence electrons. The Bertz CT molecular complexity index is 1380. The summed E-state index contributed by atoms with van der Waals surface area (Å²) in [7, 11) is 9.98. The van der Waals surface area contributed by atoms with E-state index in [1.165, 1.54) is 12.8 Å². The molecule has 12 heteroatoms. The van der Waals surface area contributed by atoms with E-state index in [0.717, 1.165) is 61.3 Å². The van der Waals surface area contributed by atoms with Gasteiger partial charge in [0.15, 0.2) is 23.0 Å². The van der Waals surface area contributed by atoms with E-state index in [1.54, 1.807) is 42.7 Å². The second-order valence-electron chi connectivity index (χ2n) is 13.0. The highest BCUT2D eigenvalue weighted by Gasteiger charge is 2.42. The normalized spacial score (nSPS) is 24.4. The molecule has 2 atom stereocenters. The van der Waals surface area contributed by atoms with Crippen molar-refractivity contribution in [2.24, 2.45) is 9.98 Å². The highest BCUT2D eigenvalue weighted by molar-refractivity contribution is 5.74. The minimum Gasteiger partial charge on any atom is -0.493 e. The van der Waals surface area contributed by atoms with Gasteiger partial charge < -0.3 is 37.9 Å². The van der Waals surface area contributed by atoms with Crippen LogP contribution in [0.5, 0.6) is 23.0 Å². The van der Waals surface area contributed by atoms with Crippen molar-refractivity contribution in [1.29, 1.82) is 0 Å². The Morgan fingerprint density at radius 1 is 0.592 bits per heavy atom. The van der Waals surface area contributed by atoms with Crippen LogP contribution in [0.2, 0.25) is 0 Å². The Balaban J connectivity index is 1.17. The largest absolute Gasteiger partial charge is 0.493 e. The van der Waals surface area contributed by atoms with Crippen LogP contribution < -0.4 is 18.9 Å². The lowest BCUT2D eigenvalue weighted by Gasteiger charge is -2.42. The molecule has 4 aliphatic heterocycles. The maximum absolute atomic E-state index is 6.27. The number of piperidine rings is 2. The third kappa shape index (κ3) is 7.17. The zero-order chi connectivity index (χ0) is 34.4. The summed E-state index contributed by atoms with van der Waals surface area (Å²) in [5.41, 5.74) is 3.10. The van der Waals surface area contributed by atoms with Gasteiger partial charge in [-0.25, -0.2) is 0 Å². The van der Waals surface area contributed by atoms with E-state index in [0.29, 0.717) is 55.7 Å². The Morgan fingerprint density at radius 3 is 1.41 bits per heavy atom. The van der Waals surface area contributed by atoms with Crippen LogP contribution in [0.4, 0.5) is 11.4 Å². The molecule has 0 spiro atoms. The third-order valence-electron chi connectivity index (χ3n) is 10.4. The quantitative estimate of drug-likeness (QED) is 0.208. The molecular weight excluding hydrogens is 628 g/mol. The van der Waals surface area contributed by atoms with Crippen LogP contribution in [0, 0.1) is 0 Å². The Morgan fingerprint density at radius 2 is 1.02 bits per heavy atom. The van der Waals surface area contributed by atoms with E-state index >= 15 is 0 Å². The summed E-state index contributed by atoms with van der Waals surface area (Å²) >= 11 is 0. The molecule has 2 saturated heterocycles. The van der Waals surface area contributed by atoms with Gasteiger partial charge in [-0.1, -0.05) is 12.8 Å². The zero-order valence-corrected chi connectivity index (χ0v) is 29.9. The van der Waals surface area contributed by atoms with Gasteiger partial charge in [0.1, 0.15) is 0 Å². The summed E-state index contributed by atoms with van der Waals surface area (Å²) in [5, 5.41) is 0. The molecule has 0 bridgehead atoms. The second-order valence-corrected chi connectivity index (χ2v) is 13.0. The van der Waals surface area contributed by atoms with Crippen molar-refractivity contribution in [3.63, 3.8) is 0 Å². The minimum atomic E-state index is -0.986. The molecule has 0 amide bonds. The highest BCUT2D eigenvalue weighted by atomic mass is 16.7. The number of nitrogens with zero attached hydrogens (tertiary/aromatic N) is 4. The molecule has 2 aromatic carbocycles. The average molecular weight is 681 g/mol. The summed E-state index contributed by atoms with van der Waals surface area (Å²) in [6.45, 7) is 3.94. The topological polar surface area (TPSA) is 105 Å². The van der Waals surface area contributed by atoms with Gasteiger partial charge in [0.2, 0.25) is 11.6 Å². The third-order valence-corrected chi connectivity index (χ3v) is 10.4. The molecule has 4 aliphatic rings. The fourth-order valence-electron chi connectivity index (χ4n) is 7.56. The fraction of sp³-hybridized carbons (Fsp3) is 0.622. The van der Waals surface area contributed by atoms with E-state index in [4.69, 9.17) is 47.9 Å². The molecule has 4 heterocycles. The smallest absolute Gasteiger partial charge is 0.209 e. The van der Waals surface area contributed by atoms with Crippen LogP contribution in [0.3, 0.4) is 0 Å². The number of hydrogen-bond acceptors (Lipinski definition) is 12. The van der Waals surface area contributed by atoms with E-state index in [9.17, 15) is 0 Å². The van der Waals surface area contributed by atoms with Crippen LogP contribution in [0.25, 0.3) is 0 Å².